The Morgan fingerprint density at radius 1 is 1.09 bits per heavy atom. The van der Waals surface area contributed by atoms with E-state index in [4.69, 9.17) is 11.6 Å². The van der Waals surface area contributed by atoms with Gasteiger partial charge in [0.2, 0.25) is 0 Å². The van der Waals surface area contributed by atoms with Crippen molar-refractivity contribution < 1.29 is 17.6 Å². The molecule has 0 bridgehead atoms. The maximum Gasteiger partial charge on any atom is 0.433 e. The number of rotatable bonds is 3. The molecule has 10 heteroatoms. The molecular weight excluding hydrogens is 448 g/mol. The minimum absolute atomic E-state index is 0.00938. The van der Waals surface area contributed by atoms with Gasteiger partial charge in [-0.1, -0.05) is 29.8 Å². The van der Waals surface area contributed by atoms with Crippen LogP contribution in [0.3, 0.4) is 0 Å². The molecule has 3 aromatic rings. The molecule has 166 valence electrons. The fourth-order valence-corrected chi connectivity index (χ4v) is 4.05. The van der Waals surface area contributed by atoms with Crippen molar-refractivity contribution in [2.45, 2.75) is 31.6 Å². The Balaban J connectivity index is 1.86. The third kappa shape index (κ3) is 3.56. The molecule has 0 amide bonds. The molecule has 0 fully saturated rings. The summed E-state index contributed by atoms with van der Waals surface area (Å²) < 4.78 is 52.8. The van der Waals surface area contributed by atoms with Gasteiger partial charge in [0.1, 0.15) is 27.9 Å². The molecule has 3 heterocycles. The highest BCUT2D eigenvalue weighted by Gasteiger charge is 2.46. The Hall–Kier alpha value is -3.20. The first-order chi connectivity index (χ1) is 15.0. The molecule has 1 aliphatic heterocycles. The molecule has 1 aliphatic rings. The zero-order valence-electron chi connectivity index (χ0n) is 16.9. The normalized spacial score (nSPS) is 20.7. The number of nitrogens with zero attached hydrogens (tertiary/aromatic N) is 2. The molecule has 32 heavy (non-hydrogen) atoms. The largest absolute Gasteiger partial charge is 0.433 e. The van der Waals surface area contributed by atoms with Crippen LogP contribution in [-0.2, 0) is 11.7 Å². The van der Waals surface area contributed by atoms with Crippen LogP contribution >= 0.6 is 11.6 Å². The van der Waals surface area contributed by atoms with Gasteiger partial charge in [0.25, 0.3) is 5.56 Å². The summed E-state index contributed by atoms with van der Waals surface area (Å²) in [6.07, 6.45) is -1.98. The van der Waals surface area contributed by atoms with Crippen molar-refractivity contribution in [1.82, 2.24) is 15.3 Å². The molecule has 4 rings (SSSR count). The molecule has 0 spiro atoms. The first kappa shape index (κ1) is 22.0. The van der Waals surface area contributed by atoms with Gasteiger partial charge < -0.3 is 10.3 Å². The number of benzene rings is 1. The number of amidine groups is 1. The van der Waals surface area contributed by atoms with Gasteiger partial charge in [-0.15, -0.1) is 0 Å². The number of H-pyrrole nitrogens is 1. The number of hydrogen-bond acceptors (Lipinski definition) is 4. The summed E-state index contributed by atoms with van der Waals surface area (Å²) in [5.74, 6) is -0.0677. The summed E-state index contributed by atoms with van der Waals surface area (Å²) >= 11 is 6.10. The number of halogens is 5. The highest BCUT2D eigenvalue weighted by atomic mass is 35.5. The smallest absolute Gasteiger partial charge is 0.354 e. The third-order valence-corrected chi connectivity index (χ3v) is 6.06. The van der Waals surface area contributed by atoms with E-state index in [9.17, 15) is 22.4 Å². The number of aromatic nitrogens is 2. The van der Waals surface area contributed by atoms with Crippen molar-refractivity contribution >= 4 is 17.4 Å². The quantitative estimate of drug-likeness (QED) is 0.558. The Morgan fingerprint density at radius 3 is 2.34 bits per heavy atom. The minimum atomic E-state index is -4.58. The predicted molar refractivity (Wildman–Crippen MR) is 112 cm³/mol. The molecule has 0 radical (unpaired) electrons. The van der Waals surface area contributed by atoms with Gasteiger partial charge in [-0.3, -0.25) is 14.8 Å². The van der Waals surface area contributed by atoms with Gasteiger partial charge >= 0.3 is 6.18 Å². The SMILES string of the molecule is Cc1c(C2=N[C@@H](C)[C@@](c3ccc(F)cc3)(c3ccc(C(F)(F)F)nc3)N2)c[nH]c(=O)c1Cl. The monoisotopic (exact) mass is 464 g/mol. The van der Waals surface area contributed by atoms with Crippen LogP contribution in [0.5, 0.6) is 0 Å². The van der Waals surface area contributed by atoms with Crippen molar-refractivity contribution in [2.75, 3.05) is 0 Å². The second kappa shape index (κ2) is 7.74. The first-order valence-corrected chi connectivity index (χ1v) is 9.95. The lowest BCUT2D eigenvalue weighted by atomic mass is 9.79. The minimum Gasteiger partial charge on any atom is -0.354 e. The number of nitrogens with one attached hydrogen (secondary N) is 2. The lowest BCUT2D eigenvalue weighted by Gasteiger charge is -2.35. The van der Waals surface area contributed by atoms with E-state index in [2.05, 4.69) is 20.3 Å². The molecule has 2 atom stereocenters. The van der Waals surface area contributed by atoms with Crippen LogP contribution in [0.4, 0.5) is 17.6 Å². The van der Waals surface area contributed by atoms with E-state index in [0.29, 0.717) is 28.1 Å². The van der Waals surface area contributed by atoms with Gasteiger partial charge in [-0.25, -0.2) is 4.39 Å². The number of aromatic amines is 1. The Labute approximate surface area is 185 Å². The molecule has 5 nitrogen and oxygen atoms in total. The molecule has 0 unspecified atom stereocenters. The zero-order valence-corrected chi connectivity index (χ0v) is 17.6. The molecule has 1 aromatic carbocycles. The number of pyridine rings is 2. The van der Waals surface area contributed by atoms with Crippen LogP contribution < -0.4 is 10.9 Å². The predicted octanol–water partition coefficient (Wildman–Crippen LogP) is 4.57. The average molecular weight is 465 g/mol. The number of hydrogen-bond donors (Lipinski definition) is 2. The van der Waals surface area contributed by atoms with Gasteiger partial charge in [-0.05, 0) is 43.2 Å². The van der Waals surface area contributed by atoms with E-state index >= 15 is 0 Å². The topological polar surface area (TPSA) is 70.1 Å². The van der Waals surface area contributed by atoms with Gasteiger partial charge in [0.15, 0.2) is 0 Å². The van der Waals surface area contributed by atoms with Crippen LogP contribution in [0.15, 0.2) is 58.6 Å². The highest BCUT2D eigenvalue weighted by Crippen LogP contribution is 2.40. The van der Waals surface area contributed by atoms with Crippen molar-refractivity contribution in [3.63, 3.8) is 0 Å². The second-order valence-electron chi connectivity index (χ2n) is 7.49. The van der Waals surface area contributed by atoms with Gasteiger partial charge in [0.05, 0.1) is 6.04 Å². The van der Waals surface area contributed by atoms with Crippen LogP contribution in [0, 0.1) is 12.7 Å². The van der Waals surface area contributed by atoms with Crippen LogP contribution in [0.25, 0.3) is 0 Å². The highest BCUT2D eigenvalue weighted by molar-refractivity contribution is 6.31. The van der Waals surface area contributed by atoms with E-state index in [1.54, 1.807) is 26.0 Å². The van der Waals surface area contributed by atoms with Crippen molar-refractivity contribution in [2.24, 2.45) is 4.99 Å². The second-order valence-corrected chi connectivity index (χ2v) is 7.87. The van der Waals surface area contributed by atoms with E-state index in [0.717, 1.165) is 12.3 Å². The zero-order chi connectivity index (χ0) is 23.3. The summed E-state index contributed by atoms with van der Waals surface area (Å²) in [7, 11) is 0. The van der Waals surface area contributed by atoms with Crippen molar-refractivity contribution in [3.05, 3.63) is 97.9 Å². The van der Waals surface area contributed by atoms with Crippen LogP contribution in [-0.4, -0.2) is 21.8 Å². The lowest BCUT2D eigenvalue weighted by Crippen LogP contribution is -2.48. The summed E-state index contributed by atoms with van der Waals surface area (Å²) in [6, 6.07) is 7.32. The molecule has 0 aliphatic carbocycles. The Morgan fingerprint density at radius 2 is 1.75 bits per heavy atom. The van der Waals surface area contributed by atoms with Crippen molar-refractivity contribution in [1.29, 1.82) is 0 Å². The van der Waals surface area contributed by atoms with Gasteiger partial charge in [-0.2, -0.15) is 13.2 Å². The first-order valence-electron chi connectivity index (χ1n) is 9.58. The summed E-state index contributed by atoms with van der Waals surface area (Å²) in [5, 5.41) is 3.30. The summed E-state index contributed by atoms with van der Waals surface area (Å²) in [6.45, 7) is 3.45. The molecule has 0 saturated carbocycles. The number of alkyl halides is 3. The fraction of sp³-hybridized carbons (Fsp3) is 0.227. The summed E-state index contributed by atoms with van der Waals surface area (Å²) in [4.78, 5) is 22.6. The molecule has 2 aromatic heterocycles. The van der Waals surface area contributed by atoms with Crippen LogP contribution in [0.1, 0.15) is 34.9 Å². The van der Waals surface area contributed by atoms with Crippen LogP contribution in [0.2, 0.25) is 5.02 Å². The average Bonchev–Trinajstić information content (AvgIpc) is 3.10. The van der Waals surface area contributed by atoms with E-state index < -0.39 is 34.8 Å². The fourth-order valence-electron chi connectivity index (χ4n) is 3.90. The number of aliphatic imine (C=N–C) groups is 1. The van der Waals surface area contributed by atoms with Crippen molar-refractivity contribution in [3.8, 4) is 0 Å². The maximum absolute atomic E-state index is 13.6. The van der Waals surface area contributed by atoms with Gasteiger partial charge in [0, 0.05) is 23.5 Å². The summed E-state index contributed by atoms with van der Waals surface area (Å²) in [5.41, 5.74) is -0.576. The third-order valence-electron chi connectivity index (χ3n) is 5.61. The molecule has 0 saturated heterocycles. The van der Waals surface area contributed by atoms with E-state index in [1.165, 1.54) is 24.4 Å². The Bertz CT molecular complexity index is 1250. The standard InChI is InChI=1S/C22H17ClF4N4O/c1-11-16(10-29-20(32)18(11)23)19-30-12(2)21(31-19,13-3-6-15(24)7-4-13)14-5-8-17(28-9-14)22(25,26)27/h3-10,12H,1-2H3,(H,29,32)(H,30,31)/t12-,21+/m0/s1. The van der Waals surface area contributed by atoms with E-state index in [1.807, 2.05) is 0 Å². The van der Waals surface area contributed by atoms with E-state index in [-0.39, 0.29) is 5.02 Å². The Kier molecular flexibility index (Phi) is 5.32. The maximum atomic E-state index is 13.6. The molecule has 2 N–H and O–H groups in total. The molecular formula is C22H17ClF4N4O. The lowest BCUT2D eigenvalue weighted by molar-refractivity contribution is -0.141.